The maximum absolute atomic E-state index is 10.4. The van der Waals surface area contributed by atoms with E-state index in [1.165, 1.54) is 11.1 Å². The van der Waals surface area contributed by atoms with Crippen LogP contribution in [0.15, 0.2) is 36.7 Å². The number of ether oxygens (including phenoxy) is 1. The molecular formula is C19H25N3O2. The second-order valence-electron chi connectivity index (χ2n) is 6.55. The van der Waals surface area contributed by atoms with Crippen LogP contribution in [-0.4, -0.2) is 45.8 Å². The molecule has 1 aliphatic rings. The van der Waals surface area contributed by atoms with Crippen LogP contribution in [0.25, 0.3) is 0 Å². The van der Waals surface area contributed by atoms with Crippen LogP contribution in [0.4, 0.5) is 0 Å². The van der Waals surface area contributed by atoms with E-state index < -0.39 is 6.10 Å². The molecule has 5 heteroatoms. The number of likely N-dealkylation sites (tertiary alicyclic amines) is 1. The van der Waals surface area contributed by atoms with Gasteiger partial charge in [-0.2, -0.15) is 0 Å². The molecule has 1 aromatic carbocycles. The first kappa shape index (κ1) is 16.9. The molecule has 2 unspecified atom stereocenters. The number of aromatic nitrogens is 2. The van der Waals surface area contributed by atoms with Gasteiger partial charge in [0.25, 0.3) is 0 Å². The predicted molar refractivity (Wildman–Crippen MR) is 93.0 cm³/mol. The van der Waals surface area contributed by atoms with Crippen LogP contribution in [0.1, 0.15) is 35.8 Å². The van der Waals surface area contributed by atoms with E-state index in [4.69, 9.17) is 4.74 Å². The third kappa shape index (κ3) is 4.30. The topological polar surface area (TPSA) is 58.5 Å². The molecule has 0 radical (unpaired) electrons. The zero-order chi connectivity index (χ0) is 16.9. The van der Waals surface area contributed by atoms with E-state index >= 15 is 0 Å². The molecule has 1 aliphatic heterocycles. The largest absolute Gasteiger partial charge is 0.491 e. The zero-order valence-electron chi connectivity index (χ0n) is 14.4. The molecule has 3 rings (SSSR count). The Kier molecular flexibility index (Phi) is 5.43. The van der Waals surface area contributed by atoms with E-state index in [0.717, 1.165) is 31.0 Å². The molecule has 0 amide bonds. The first-order valence-electron chi connectivity index (χ1n) is 8.52. The minimum absolute atomic E-state index is 0.196. The number of benzene rings is 1. The van der Waals surface area contributed by atoms with Gasteiger partial charge in [0.2, 0.25) is 0 Å². The van der Waals surface area contributed by atoms with Gasteiger partial charge in [-0.25, -0.2) is 9.97 Å². The van der Waals surface area contributed by atoms with Crippen LogP contribution < -0.4 is 4.74 Å². The molecule has 0 saturated carbocycles. The average Bonchev–Trinajstić information content (AvgIpc) is 3.01. The van der Waals surface area contributed by atoms with Crippen molar-refractivity contribution in [2.75, 3.05) is 19.7 Å². The van der Waals surface area contributed by atoms with Crippen LogP contribution >= 0.6 is 0 Å². The summed E-state index contributed by atoms with van der Waals surface area (Å²) in [6, 6.07) is 8.13. The highest BCUT2D eigenvalue weighted by Crippen LogP contribution is 2.29. The lowest BCUT2D eigenvalue weighted by Gasteiger charge is -2.25. The van der Waals surface area contributed by atoms with Gasteiger partial charge in [-0.15, -0.1) is 0 Å². The molecule has 24 heavy (non-hydrogen) atoms. The lowest BCUT2D eigenvalue weighted by Crippen LogP contribution is -2.35. The summed E-state index contributed by atoms with van der Waals surface area (Å²) in [4.78, 5) is 11.0. The molecule has 1 aromatic heterocycles. The molecular weight excluding hydrogens is 302 g/mol. The van der Waals surface area contributed by atoms with Crippen molar-refractivity contribution in [3.05, 3.63) is 53.6 Å². The molecule has 0 bridgehead atoms. The summed E-state index contributed by atoms with van der Waals surface area (Å²) in [6.07, 6.45) is 5.16. The highest BCUT2D eigenvalue weighted by molar-refractivity contribution is 5.33. The zero-order valence-corrected chi connectivity index (χ0v) is 14.4. The Morgan fingerprint density at radius 3 is 2.62 bits per heavy atom. The van der Waals surface area contributed by atoms with Gasteiger partial charge in [0.05, 0.1) is 6.04 Å². The van der Waals surface area contributed by atoms with Crippen molar-refractivity contribution < 1.29 is 9.84 Å². The fourth-order valence-electron chi connectivity index (χ4n) is 3.35. The van der Waals surface area contributed by atoms with Gasteiger partial charge in [0, 0.05) is 18.9 Å². The van der Waals surface area contributed by atoms with Gasteiger partial charge in [-0.3, -0.25) is 4.90 Å². The van der Waals surface area contributed by atoms with E-state index in [2.05, 4.69) is 20.9 Å². The number of rotatable bonds is 6. The third-order valence-electron chi connectivity index (χ3n) is 4.33. The van der Waals surface area contributed by atoms with Crippen LogP contribution in [0, 0.1) is 13.8 Å². The molecule has 1 fully saturated rings. The van der Waals surface area contributed by atoms with Gasteiger partial charge in [-0.05, 0) is 62.6 Å². The molecule has 5 nitrogen and oxygen atoms in total. The van der Waals surface area contributed by atoms with Crippen molar-refractivity contribution in [2.45, 2.75) is 38.8 Å². The summed E-state index contributed by atoms with van der Waals surface area (Å²) in [5, 5.41) is 10.4. The maximum Gasteiger partial charge on any atom is 0.145 e. The molecule has 2 atom stereocenters. The number of hydrogen-bond donors (Lipinski definition) is 1. The summed E-state index contributed by atoms with van der Waals surface area (Å²) in [5.41, 5.74) is 2.33. The molecule has 2 aromatic rings. The third-order valence-corrected chi connectivity index (χ3v) is 4.33. The van der Waals surface area contributed by atoms with Crippen molar-refractivity contribution in [1.29, 1.82) is 0 Å². The van der Waals surface area contributed by atoms with Gasteiger partial charge < -0.3 is 9.84 Å². The fourth-order valence-corrected chi connectivity index (χ4v) is 3.35. The van der Waals surface area contributed by atoms with Gasteiger partial charge in [0.15, 0.2) is 0 Å². The van der Waals surface area contributed by atoms with Crippen molar-refractivity contribution >= 4 is 0 Å². The number of nitrogens with zero attached hydrogens (tertiary/aromatic N) is 3. The molecule has 1 saturated heterocycles. The summed E-state index contributed by atoms with van der Waals surface area (Å²) in [7, 11) is 0. The summed E-state index contributed by atoms with van der Waals surface area (Å²) < 4.78 is 5.77. The second-order valence-corrected chi connectivity index (χ2v) is 6.55. The van der Waals surface area contributed by atoms with Gasteiger partial charge in [-0.1, -0.05) is 6.07 Å². The Balaban J connectivity index is 1.55. The second kappa shape index (κ2) is 7.73. The lowest BCUT2D eigenvalue weighted by atomic mass is 10.1. The number of aliphatic hydroxyl groups excluding tert-OH is 1. The van der Waals surface area contributed by atoms with Crippen LogP contribution in [0.2, 0.25) is 0 Å². The average molecular weight is 327 g/mol. The number of β-amino-alcohol motifs (C(OH)–C–C–N with tert-alkyl or cyclic N) is 1. The fraction of sp³-hybridized carbons (Fsp3) is 0.474. The van der Waals surface area contributed by atoms with Crippen molar-refractivity contribution in [3.63, 3.8) is 0 Å². The number of aryl methyl sites for hydroxylation is 2. The lowest BCUT2D eigenvalue weighted by molar-refractivity contribution is 0.0626. The van der Waals surface area contributed by atoms with Crippen LogP contribution in [0.5, 0.6) is 5.75 Å². The Labute approximate surface area is 143 Å². The predicted octanol–water partition coefficient (Wildman–Crippen LogP) is 2.67. The molecule has 0 spiro atoms. The van der Waals surface area contributed by atoms with Crippen molar-refractivity contribution in [3.8, 4) is 5.75 Å². The van der Waals surface area contributed by atoms with Crippen LogP contribution in [-0.2, 0) is 0 Å². The van der Waals surface area contributed by atoms with E-state index in [9.17, 15) is 5.11 Å². The van der Waals surface area contributed by atoms with Crippen molar-refractivity contribution in [2.24, 2.45) is 0 Å². The molecule has 128 valence electrons. The first-order valence-corrected chi connectivity index (χ1v) is 8.52. The van der Waals surface area contributed by atoms with E-state index in [1.54, 1.807) is 12.4 Å². The number of hydrogen-bond acceptors (Lipinski definition) is 5. The highest BCUT2D eigenvalue weighted by Gasteiger charge is 2.29. The highest BCUT2D eigenvalue weighted by atomic mass is 16.5. The Morgan fingerprint density at radius 2 is 1.92 bits per heavy atom. The van der Waals surface area contributed by atoms with E-state index in [1.807, 2.05) is 32.0 Å². The Bertz CT molecular complexity index is 643. The van der Waals surface area contributed by atoms with E-state index in [0.29, 0.717) is 13.2 Å². The Morgan fingerprint density at radius 1 is 1.21 bits per heavy atom. The molecule has 1 N–H and O–H groups in total. The number of aliphatic hydroxyl groups is 1. The smallest absolute Gasteiger partial charge is 0.145 e. The monoisotopic (exact) mass is 327 g/mol. The molecule has 2 heterocycles. The summed E-state index contributed by atoms with van der Waals surface area (Å²) >= 11 is 0. The van der Waals surface area contributed by atoms with Gasteiger partial charge >= 0.3 is 0 Å². The van der Waals surface area contributed by atoms with E-state index in [-0.39, 0.29) is 6.04 Å². The minimum Gasteiger partial charge on any atom is -0.491 e. The van der Waals surface area contributed by atoms with Gasteiger partial charge in [0.1, 0.15) is 24.3 Å². The minimum atomic E-state index is -0.532. The summed E-state index contributed by atoms with van der Waals surface area (Å²) in [5.74, 6) is 1.66. The normalized spacial score (nSPS) is 19.4. The molecule has 0 aliphatic carbocycles. The Hall–Kier alpha value is -1.98. The standard InChI is InChI=1S/C19H25N3O2/c1-14-9-15(2)11-17(10-14)24-13-16(23)12-22-8-3-5-18(22)19-20-6-4-7-21-19/h4,6-7,9-11,16,18,23H,3,5,8,12-13H2,1-2H3. The maximum atomic E-state index is 10.4. The summed E-state index contributed by atoms with van der Waals surface area (Å²) in [6.45, 7) is 5.93. The van der Waals surface area contributed by atoms with Crippen LogP contribution in [0.3, 0.4) is 0 Å². The quantitative estimate of drug-likeness (QED) is 0.884. The SMILES string of the molecule is Cc1cc(C)cc(OCC(O)CN2CCCC2c2ncccn2)c1. The van der Waals surface area contributed by atoms with Crippen molar-refractivity contribution in [1.82, 2.24) is 14.9 Å². The first-order chi connectivity index (χ1) is 11.6.